The average Bonchev–Trinajstić information content (AvgIpc) is 2.97. The van der Waals surface area contributed by atoms with Crippen LogP contribution in [0.1, 0.15) is 71.1 Å². The van der Waals surface area contributed by atoms with Crippen LogP contribution >= 0.6 is 0 Å². The van der Waals surface area contributed by atoms with Gasteiger partial charge in [0.1, 0.15) is 6.10 Å². The van der Waals surface area contributed by atoms with E-state index < -0.39 is 12.2 Å². The van der Waals surface area contributed by atoms with Crippen molar-refractivity contribution in [3.8, 4) is 0 Å². The number of hydrogen-bond acceptors (Lipinski definition) is 4. The number of nitrogens with zero attached hydrogens (tertiary/aromatic N) is 2. The van der Waals surface area contributed by atoms with Crippen LogP contribution in [0.4, 0.5) is 9.59 Å². The smallest absolute Gasteiger partial charge is 0.447 e. The molecule has 0 aliphatic heterocycles. The summed E-state index contributed by atoms with van der Waals surface area (Å²) in [4.78, 5) is 22.5. The summed E-state index contributed by atoms with van der Waals surface area (Å²) in [6.07, 6.45) is 8.84. The van der Waals surface area contributed by atoms with E-state index >= 15 is 0 Å². The molecule has 1 saturated carbocycles. The maximum absolute atomic E-state index is 11.3. The molecule has 1 fully saturated rings. The van der Waals surface area contributed by atoms with Gasteiger partial charge in [0.15, 0.2) is 0 Å². The molecule has 1 aliphatic rings. The molecule has 0 radical (unpaired) electrons. The summed E-state index contributed by atoms with van der Waals surface area (Å²) in [5, 5.41) is 6.42. The number of amides is 2. The van der Waals surface area contributed by atoms with E-state index in [0.29, 0.717) is 6.61 Å². The van der Waals surface area contributed by atoms with Crippen molar-refractivity contribution in [2.45, 2.75) is 77.2 Å². The van der Waals surface area contributed by atoms with Crippen LogP contribution in [-0.2, 0) is 9.47 Å². The minimum atomic E-state index is -0.827. The molecule has 120 valence electrons. The highest BCUT2D eigenvalue weighted by atomic mass is 16.6. The molecule has 0 heterocycles. The Morgan fingerprint density at radius 2 is 1.57 bits per heavy atom. The number of hydrogen-bond donors (Lipinski definition) is 0. The van der Waals surface area contributed by atoms with Gasteiger partial charge in [0.2, 0.25) is 0 Å². The van der Waals surface area contributed by atoms with Crippen molar-refractivity contribution in [1.29, 1.82) is 0 Å². The van der Waals surface area contributed by atoms with Crippen LogP contribution in [0.3, 0.4) is 0 Å². The number of carbonyl (C=O) groups is 2. The van der Waals surface area contributed by atoms with E-state index in [1.165, 1.54) is 19.3 Å². The predicted octanol–water partition coefficient (Wildman–Crippen LogP) is 5.01. The molecule has 0 spiro atoms. The van der Waals surface area contributed by atoms with Crippen molar-refractivity contribution in [2.24, 2.45) is 10.2 Å². The average molecular weight is 298 g/mol. The summed E-state index contributed by atoms with van der Waals surface area (Å²) in [7, 11) is 0. The largest absolute Gasteiger partial charge is 0.452 e. The van der Waals surface area contributed by atoms with Crippen molar-refractivity contribution in [2.75, 3.05) is 6.61 Å². The molecule has 0 unspecified atom stereocenters. The molecular formula is C15H26N2O4. The Labute approximate surface area is 126 Å². The maximum atomic E-state index is 11.3. The molecule has 0 aromatic rings. The zero-order valence-electron chi connectivity index (χ0n) is 12.9. The van der Waals surface area contributed by atoms with Crippen LogP contribution in [0.2, 0.25) is 0 Å². The lowest BCUT2D eigenvalue weighted by molar-refractivity contribution is 0.107. The van der Waals surface area contributed by atoms with E-state index in [9.17, 15) is 9.59 Å². The third-order valence-corrected chi connectivity index (χ3v) is 3.51. The van der Waals surface area contributed by atoms with Crippen LogP contribution in [0, 0.1) is 0 Å². The normalized spacial score (nSPS) is 15.5. The van der Waals surface area contributed by atoms with Crippen LogP contribution in [-0.4, -0.2) is 24.9 Å². The summed E-state index contributed by atoms with van der Waals surface area (Å²) in [6, 6.07) is 0. The minimum absolute atomic E-state index is 0.0735. The zero-order chi connectivity index (χ0) is 15.3. The van der Waals surface area contributed by atoms with Crippen LogP contribution in [0.25, 0.3) is 0 Å². The third-order valence-electron chi connectivity index (χ3n) is 3.51. The van der Waals surface area contributed by atoms with Gasteiger partial charge in [-0.3, -0.25) is 0 Å². The van der Waals surface area contributed by atoms with Crippen molar-refractivity contribution in [3.63, 3.8) is 0 Å². The van der Waals surface area contributed by atoms with Gasteiger partial charge < -0.3 is 9.47 Å². The van der Waals surface area contributed by atoms with E-state index in [1.807, 2.05) is 0 Å². The van der Waals surface area contributed by atoms with Crippen molar-refractivity contribution < 1.29 is 19.1 Å². The topological polar surface area (TPSA) is 77.3 Å². The summed E-state index contributed by atoms with van der Waals surface area (Å²) in [5.41, 5.74) is 0. The van der Waals surface area contributed by atoms with Gasteiger partial charge in [-0.15, -0.1) is 0 Å². The van der Waals surface area contributed by atoms with E-state index in [2.05, 4.69) is 17.2 Å². The molecule has 2 amide bonds. The van der Waals surface area contributed by atoms with Crippen molar-refractivity contribution in [3.05, 3.63) is 0 Å². The maximum Gasteiger partial charge on any atom is 0.452 e. The van der Waals surface area contributed by atoms with E-state index in [1.54, 1.807) is 0 Å². The fraction of sp³-hybridized carbons (Fsp3) is 0.867. The van der Waals surface area contributed by atoms with Crippen LogP contribution < -0.4 is 0 Å². The monoisotopic (exact) mass is 298 g/mol. The Hall–Kier alpha value is -1.46. The van der Waals surface area contributed by atoms with E-state index in [-0.39, 0.29) is 6.10 Å². The molecule has 0 bridgehead atoms. The van der Waals surface area contributed by atoms with Gasteiger partial charge in [-0.1, -0.05) is 49.3 Å². The van der Waals surface area contributed by atoms with Gasteiger partial charge in [-0.05, 0) is 32.1 Å². The predicted molar refractivity (Wildman–Crippen MR) is 78.3 cm³/mol. The lowest BCUT2D eigenvalue weighted by atomic mass is 10.1. The lowest BCUT2D eigenvalue weighted by Crippen LogP contribution is -2.11. The van der Waals surface area contributed by atoms with Crippen molar-refractivity contribution >= 4 is 12.2 Å². The Morgan fingerprint density at radius 1 is 0.952 bits per heavy atom. The summed E-state index contributed by atoms with van der Waals surface area (Å²) in [6.45, 7) is 2.49. The molecule has 6 nitrogen and oxygen atoms in total. The minimum Gasteiger partial charge on any atom is -0.447 e. The molecule has 0 N–H and O–H groups in total. The Morgan fingerprint density at radius 3 is 2.29 bits per heavy atom. The summed E-state index contributed by atoms with van der Waals surface area (Å²) in [5.74, 6) is 0. The number of rotatable bonds is 8. The van der Waals surface area contributed by atoms with Gasteiger partial charge in [0.25, 0.3) is 0 Å². The first-order valence-electron chi connectivity index (χ1n) is 8.01. The standard InChI is InChI=1S/C15H26N2O4/c1-2-3-4-5-6-9-12-20-14(18)16-17-15(19)21-13-10-7-8-11-13/h13H,2-12H2,1H3/b17-16+. The number of unbranched alkanes of at least 4 members (excludes halogenated alkanes) is 5. The molecule has 0 atom stereocenters. The second-order valence-corrected chi connectivity index (χ2v) is 5.37. The molecule has 21 heavy (non-hydrogen) atoms. The summed E-state index contributed by atoms with van der Waals surface area (Å²) >= 11 is 0. The Bertz CT molecular complexity index is 339. The molecule has 1 rings (SSSR count). The van der Waals surface area contributed by atoms with Crippen LogP contribution in [0.15, 0.2) is 10.2 Å². The highest BCUT2D eigenvalue weighted by molar-refractivity contribution is 5.73. The first-order chi connectivity index (χ1) is 10.2. The molecule has 6 heteroatoms. The lowest BCUT2D eigenvalue weighted by Gasteiger charge is -2.06. The first kappa shape index (κ1) is 17.6. The zero-order valence-corrected chi connectivity index (χ0v) is 12.9. The van der Waals surface area contributed by atoms with Crippen molar-refractivity contribution in [1.82, 2.24) is 0 Å². The van der Waals surface area contributed by atoms with Crippen LogP contribution in [0.5, 0.6) is 0 Å². The Balaban J connectivity index is 2.01. The second-order valence-electron chi connectivity index (χ2n) is 5.37. The third kappa shape index (κ3) is 9.15. The quantitative estimate of drug-likeness (QED) is 0.466. The molecule has 0 saturated heterocycles. The summed E-state index contributed by atoms with van der Waals surface area (Å²) < 4.78 is 9.90. The SMILES string of the molecule is CCCCCCCCOC(=O)/N=N/C(=O)OC1CCCC1. The van der Waals surface area contributed by atoms with Gasteiger partial charge in [0, 0.05) is 0 Å². The fourth-order valence-electron chi connectivity index (χ4n) is 2.32. The molecule has 1 aliphatic carbocycles. The fourth-order valence-corrected chi connectivity index (χ4v) is 2.32. The number of carbonyl (C=O) groups excluding carboxylic acids is 2. The number of azo groups is 1. The van der Waals surface area contributed by atoms with Gasteiger partial charge >= 0.3 is 12.2 Å². The molecule has 0 aromatic carbocycles. The van der Waals surface area contributed by atoms with E-state index in [0.717, 1.165) is 44.9 Å². The first-order valence-corrected chi connectivity index (χ1v) is 8.01. The van der Waals surface area contributed by atoms with Gasteiger partial charge in [0.05, 0.1) is 6.61 Å². The Kier molecular flexibility index (Phi) is 9.40. The second kappa shape index (κ2) is 11.2. The molecular weight excluding hydrogens is 272 g/mol. The van der Waals surface area contributed by atoms with E-state index in [4.69, 9.17) is 9.47 Å². The van der Waals surface area contributed by atoms with Gasteiger partial charge in [-0.2, -0.15) is 0 Å². The highest BCUT2D eigenvalue weighted by Gasteiger charge is 2.19. The highest BCUT2D eigenvalue weighted by Crippen LogP contribution is 2.21. The number of ether oxygens (including phenoxy) is 2. The molecule has 0 aromatic heterocycles. The van der Waals surface area contributed by atoms with Gasteiger partial charge in [-0.25, -0.2) is 9.59 Å².